The number of carbonyl (C=O) groups is 2. The SMILES string of the molecule is CCn1cc(NC(=O)C=Cc2ccc(N3CCCC3=O)cc2)ccc1=O. The number of pyridine rings is 1. The standard InChI is InChI=1S/C20H21N3O3/c1-2-22-14-16(8-12-19(22)25)21-18(24)11-7-15-5-9-17(10-6-15)23-13-3-4-20(23)26/h5-12,14H,2-4,13H2,1H3,(H,21,24). The second kappa shape index (κ2) is 7.82. The van der Waals surface area contributed by atoms with Gasteiger partial charge in [-0.15, -0.1) is 0 Å². The van der Waals surface area contributed by atoms with Crippen molar-refractivity contribution in [3.63, 3.8) is 0 Å². The number of hydrogen-bond donors (Lipinski definition) is 1. The number of hydrogen-bond acceptors (Lipinski definition) is 3. The van der Waals surface area contributed by atoms with Crippen LogP contribution in [0.15, 0.2) is 53.5 Å². The molecule has 0 unspecified atom stereocenters. The molecule has 1 aromatic heterocycles. The first-order chi connectivity index (χ1) is 12.6. The molecule has 2 heterocycles. The van der Waals surface area contributed by atoms with Gasteiger partial charge in [0.05, 0.1) is 5.69 Å². The Bertz CT molecular complexity index is 897. The van der Waals surface area contributed by atoms with Crippen molar-refractivity contribution in [3.8, 4) is 0 Å². The lowest BCUT2D eigenvalue weighted by molar-refractivity contribution is -0.117. The summed E-state index contributed by atoms with van der Waals surface area (Å²) in [6, 6.07) is 10.5. The average Bonchev–Trinajstić information content (AvgIpc) is 3.08. The normalized spacial score (nSPS) is 14.2. The molecule has 0 radical (unpaired) electrons. The summed E-state index contributed by atoms with van der Waals surface area (Å²) in [5.74, 6) is -0.119. The third-order valence-electron chi connectivity index (χ3n) is 4.30. The maximum absolute atomic E-state index is 12.1. The van der Waals surface area contributed by atoms with Crippen molar-refractivity contribution in [3.05, 3.63) is 64.6 Å². The molecule has 1 saturated heterocycles. The largest absolute Gasteiger partial charge is 0.321 e. The zero-order valence-corrected chi connectivity index (χ0v) is 14.6. The summed E-state index contributed by atoms with van der Waals surface area (Å²) in [5.41, 5.74) is 2.23. The molecule has 0 aliphatic carbocycles. The van der Waals surface area contributed by atoms with Crippen molar-refractivity contribution in [2.75, 3.05) is 16.8 Å². The first-order valence-electron chi connectivity index (χ1n) is 8.67. The molecular formula is C20H21N3O3. The van der Waals surface area contributed by atoms with E-state index in [1.165, 1.54) is 16.7 Å². The Morgan fingerprint density at radius 1 is 1.15 bits per heavy atom. The van der Waals surface area contributed by atoms with Gasteiger partial charge in [-0.3, -0.25) is 14.4 Å². The van der Waals surface area contributed by atoms with E-state index in [4.69, 9.17) is 0 Å². The monoisotopic (exact) mass is 351 g/mol. The molecule has 2 aromatic rings. The van der Waals surface area contributed by atoms with Gasteiger partial charge in [-0.1, -0.05) is 12.1 Å². The smallest absolute Gasteiger partial charge is 0.250 e. The maximum atomic E-state index is 12.1. The highest BCUT2D eigenvalue weighted by Gasteiger charge is 2.21. The van der Waals surface area contributed by atoms with Crippen LogP contribution in [0.2, 0.25) is 0 Å². The molecule has 1 aliphatic rings. The summed E-state index contributed by atoms with van der Waals surface area (Å²) in [6.45, 7) is 3.17. The Morgan fingerprint density at radius 3 is 2.58 bits per heavy atom. The quantitative estimate of drug-likeness (QED) is 0.842. The molecular weight excluding hydrogens is 330 g/mol. The first kappa shape index (κ1) is 17.7. The van der Waals surface area contributed by atoms with E-state index in [0.717, 1.165) is 24.2 Å². The number of rotatable bonds is 5. The summed E-state index contributed by atoms with van der Waals surface area (Å²) in [7, 11) is 0. The third kappa shape index (κ3) is 4.08. The van der Waals surface area contributed by atoms with Crippen LogP contribution in [0.3, 0.4) is 0 Å². The second-order valence-corrected chi connectivity index (χ2v) is 6.11. The van der Waals surface area contributed by atoms with Gasteiger partial charge in [-0.25, -0.2) is 0 Å². The zero-order chi connectivity index (χ0) is 18.5. The molecule has 26 heavy (non-hydrogen) atoms. The molecule has 1 aromatic carbocycles. The molecule has 0 spiro atoms. The predicted molar refractivity (Wildman–Crippen MR) is 102 cm³/mol. The molecule has 1 N–H and O–H groups in total. The van der Waals surface area contributed by atoms with Crippen LogP contribution in [0.25, 0.3) is 6.08 Å². The minimum atomic E-state index is -0.273. The van der Waals surface area contributed by atoms with Crippen molar-refractivity contribution < 1.29 is 9.59 Å². The van der Waals surface area contributed by atoms with Crippen molar-refractivity contribution in [1.29, 1.82) is 0 Å². The average molecular weight is 351 g/mol. The van der Waals surface area contributed by atoms with Gasteiger partial charge in [0, 0.05) is 43.5 Å². The van der Waals surface area contributed by atoms with Crippen LogP contribution in [0.5, 0.6) is 0 Å². The molecule has 0 bridgehead atoms. The molecule has 134 valence electrons. The van der Waals surface area contributed by atoms with Crippen LogP contribution in [0.4, 0.5) is 11.4 Å². The van der Waals surface area contributed by atoms with E-state index in [-0.39, 0.29) is 17.4 Å². The van der Waals surface area contributed by atoms with E-state index >= 15 is 0 Å². The van der Waals surface area contributed by atoms with E-state index in [2.05, 4.69) is 5.32 Å². The van der Waals surface area contributed by atoms with Crippen molar-refractivity contribution in [2.45, 2.75) is 26.3 Å². The molecule has 0 saturated carbocycles. The fourth-order valence-corrected chi connectivity index (χ4v) is 2.89. The van der Waals surface area contributed by atoms with Crippen LogP contribution in [-0.4, -0.2) is 22.9 Å². The highest BCUT2D eigenvalue weighted by Crippen LogP contribution is 2.21. The van der Waals surface area contributed by atoms with E-state index in [9.17, 15) is 14.4 Å². The van der Waals surface area contributed by atoms with Crippen molar-refractivity contribution in [2.24, 2.45) is 0 Å². The fourth-order valence-electron chi connectivity index (χ4n) is 2.89. The summed E-state index contributed by atoms with van der Waals surface area (Å²) in [6.07, 6.45) is 6.27. The molecule has 0 atom stereocenters. The number of anilines is 2. The van der Waals surface area contributed by atoms with Crippen molar-refractivity contribution in [1.82, 2.24) is 4.57 Å². The van der Waals surface area contributed by atoms with Crippen LogP contribution >= 0.6 is 0 Å². The van der Waals surface area contributed by atoms with Crippen LogP contribution in [0.1, 0.15) is 25.3 Å². The zero-order valence-electron chi connectivity index (χ0n) is 14.6. The van der Waals surface area contributed by atoms with E-state index in [1.54, 1.807) is 23.2 Å². The Hall–Kier alpha value is -3.15. The molecule has 3 rings (SSSR count). The number of aryl methyl sites for hydroxylation is 1. The molecule has 1 fully saturated rings. The topological polar surface area (TPSA) is 71.4 Å². The highest BCUT2D eigenvalue weighted by molar-refractivity contribution is 6.02. The van der Waals surface area contributed by atoms with Gasteiger partial charge in [-0.05, 0) is 43.2 Å². The molecule has 6 nitrogen and oxygen atoms in total. The lowest BCUT2D eigenvalue weighted by Crippen LogP contribution is -2.23. The van der Waals surface area contributed by atoms with Gasteiger partial charge in [0.1, 0.15) is 0 Å². The number of benzene rings is 1. The minimum Gasteiger partial charge on any atom is -0.321 e. The Kier molecular flexibility index (Phi) is 5.31. The Balaban J connectivity index is 1.63. The fraction of sp³-hybridized carbons (Fsp3) is 0.250. The number of aromatic nitrogens is 1. The lowest BCUT2D eigenvalue weighted by Gasteiger charge is -2.15. The van der Waals surface area contributed by atoms with E-state index in [1.807, 2.05) is 31.2 Å². The molecule has 2 amide bonds. The van der Waals surface area contributed by atoms with E-state index in [0.29, 0.717) is 18.7 Å². The minimum absolute atomic E-state index is 0.0994. The summed E-state index contributed by atoms with van der Waals surface area (Å²) >= 11 is 0. The van der Waals surface area contributed by atoms with Crippen LogP contribution in [0, 0.1) is 0 Å². The van der Waals surface area contributed by atoms with Crippen molar-refractivity contribution >= 4 is 29.3 Å². The van der Waals surface area contributed by atoms with Crippen LogP contribution in [-0.2, 0) is 16.1 Å². The number of nitrogens with zero attached hydrogens (tertiary/aromatic N) is 2. The van der Waals surface area contributed by atoms with E-state index < -0.39 is 0 Å². The van der Waals surface area contributed by atoms with Gasteiger partial charge in [-0.2, -0.15) is 0 Å². The van der Waals surface area contributed by atoms with Gasteiger partial charge in [0.25, 0.3) is 5.56 Å². The molecule has 6 heteroatoms. The first-order valence-corrected chi connectivity index (χ1v) is 8.67. The molecule has 1 aliphatic heterocycles. The lowest BCUT2D eigenvalue weighted by atomic mass is 10.2. The predicted octanol–water partition coefficient (Wildman–Crippen LogP) is 2.65. The summed E-state index contributed by atoms with van der Waals surface area (Å²) in [5, 5.41) is 2.74. The van der Waals surface area contributed by atoms with Gasteiger partial charge in [0.15, 0.2) is 0 Å². The number of carbonyl (C=O) groups excluding carboxylic acids is 2. The number of nitrogens with one attached hydrogen (secondary N) is 1. The Morgan fingerprint density at radius 2 is 1.92 bits per heavy atom. The van der Waals surface area contributed by atoms with Crippen LogP contribution < -0.4 is 15.8 Å². The highest BCUT2D eigenvalue weighted by atomic mass is 16.2. The maximum Gasteiger partial charge on any atom is 0.250 e. The number of amides is 2. The second-order valence-electron chi connectivity index (χ2n) is 6.11. The summed E-state index contributed by atoms with van der Waals surface area (Å²) < 4.78 is 1.53. The summed E-state index contributed by atoms with van der Waals surface area (Å²) in [4.78, 5) is 37.1. The third-order valence-corrected chi connectivity index (χ3v) is 4.30. The Labute approximate surface area is 151 Å². The van der Waals surface area contributed by atoms with Gasteiger partial charge < -0.3 is 14.8 Å². The van der Waals surface area contributed by atoms with Gasteiger partial charge >= 0.3 is 0 Å². The van der Waals surface area contributed by atoms with Gasteiger partial charge in [0.2, 0.25) is 11.8 Å².